The molecule has 0 aromatic heterocycles. The van der Waals surface area contributed by atoms with Crippen LogP contribution in [0.2, 0.25) is 10.0 Å². The van der Waals surface area contributed by atoms with Crippen LogP contribution in [0.25, 0.3) is 6.08 Å². The number of ether oxygens (including phenoxy) is 1. The molecule has 0 spiro atoms. The molecule has 86 valence electrons. The van der Waals surface area contributed by atoms with Crippen LogP contribution in [0.4, 0.5) is 0 Å². The summed E-state index contributed by atoms with van der Waals surface area (Å²) < 4.78 is 4.94. The Balaban J connectivity index is 2.69. The van der Waals surface area contributed by atoms with E-state index in [1.165, 1.54) is 6.08 Å². The molecule has 1 aromatic rings. The van der Waals surface area contributed by atoms with Crippen molar-refractivity contribution >= 4 is 35.2 Å². The fourth-order valence-electron chi connectivity index (χ4n) is 1.05. The van der Waals surface area contributed by atoms with Gasteiger partial charge in [-0.15, -0.1) is 0 Å². The largest absolute Gasteiger partial charge is 0.460 e. The maximum absolute atomic E-state index is 11.2. The molecular weight excluding hydrogens is 247 g/mol. The van der Waals surface area contributed by atoms with Crippen molar-refractivity contribution in [2.45, 2.75) is 20.0 Å². The molecule has 0 atom stereocenters. The first-order chi connectivity index (χ1) is 7.49. The molecule has 4 heteroatoms. The van der Waals surface area contributed by atoms with Crippen LogP contribution < -0.4 is 0 Å². The van der Waals surface area contributed by atoms with Gasteiger partial charge in [-0.3, -0.25) is 0 Å². The van der Waals surface area contributed by atoms with Crippen LogP contribution in [-0.4, -0.2) is 12.1 Å². The van der Waals surface area contributed by atoms with Gasteiger partial charge in [-0.25, -0.2) is 4.79 Å². The van der Waals surface area contributed by atoms with E-state index in [0.29, 0.717) is 10.0 Å². The van der Waals surface area contributed by atoms with Crippen LogP contribution in [0.3, 0.4) is 0 Å². The molecule has 0 N–H and O–H groups in total. The molecule has 2 nitrogen and oxygen atoms in total. The lowest BCUT2D eigenvalue weighted by atomic mass is 10.2. The van der Waals surface area contributed by atoms with E-state index in [1.54, 1.807) is 38.1 Å². The summed E-state index contributed by atoms with van der Waals surface area (Å²) in [5.41, 5.74) is 0.801. The summed E-state index contributed by atoms with van der Waals surface area (Å²) in [6.07, 6.45) is 2.87. The molecule has 0 heterocycles. The average Bonchev–Trinajstić information content (AvgIpc) is 2.19. The smallest absolute Gasteiger partial charge is 0.331 e. The zero-order valence-electron chi connectivity index (χ0n) is 9.04. The van der Waals surface area contributed by atoms with Crippen molar-refractivity contribution in [2.24, 2.45) is 0 Å². The van der Waals surface area contributed by atoms with Crippen molar-refractivity contribution in [1.82, 2.24) is 0 Å². The van der Waals surface area contributed by atoms with Crippen molar-refractivity contribution in [3.05, 3.63) is 39.9 Å². The maximum Gasteiger partial charge on any atom is 0.331 e. The number of benzene rings is 1. The van der Waals surface area contributed by atoms with Gasteiger partial charge < -0.3 is 4.74 Å². The Bertz CT molecular complexity index is 411. The van der Waals surface area contributed by atoms with E-state index < -0.39 is 0 Å². The van der Waals surface area contributed by atoms with E-state index in [9.17, 15) is 4.79 Å². The van der Waals surface area contributed by atoms with E-state index >= 15 is 0 Å². The van der Waals surface area contributed by atoms with Crippen LogP contribution in [0.1, 0.15) is 19.4 Å². The van der Waals surface area contributed by atoms with E-state index in [4.69, 9.17) is 27.9 Å². The first-order valence-electron chi connectivity index (χ1n) is 4.83. The lowest BCUT2D eigenvalue weighted by molar-refractivity contribution is -0.141. The number of hydrogen-bond donors (Lipinski definition) is 0. The van der Waals surface area contributed by atoms with Gasteiger partial charge in [0.1, 0.15) is 0 Å². The number of rotatable bonds is 3. The number of esters is 1. The molecule has 0 aliphatic carbocycles. The van der Waals surface area contributed by atoms with E-state index in [-0.39, 0.29) is 12.1 Å². The van der Waals surface area contributed by atoms with Gasteiger partial charge in [0.05, 0.1) is 16.1 Å². The summed E-state index contributed by atoms with van der Waals surface area (Å²) in [5.74, 6) is -0.374. The van der Waals surface area contributed by atoms with Gasteiger partial charge in [0, 0.05) is 6.08 Å². The summed E-state index contributed by atoms with van der Waals surface area (Å²) in [7, 11) is 0. The minimum Gasteiger partial charge on any atom is -0.460 e. The van der Waals surface area contributed by atoms with Crippen LogP contribution in [0.15, 0.2) is 24.3 Å². The fraction of sp³-hybridized carbons (Fsp3) is 0.250. The quantitative estimate of drug-likeness (QED) is 0.606. The lowest BCUT2D eigenvalue weighted by Gasteiger charge is -2.04. The molecular formula is C12H12Cl2O2. The number of carbonyl (C=O) groups is 1. The second-order valence-electron chi connectivity index (χ2n) is 3.49. The van der Waals surface area contributed by atoms with Crippen LogP contribution in [-0.2, 0) is 9.53 Å². The van der Waals surface area contributed by atoms with Crippen molar-refractivity contribution in [3.63, 3.8) is 0 Å². The molecule has 0 fully saturated rings. The highest BCUT2D eigenvalue weighted by atomic mass is 35.5. The predicted octanol–water partition coefficient (Wildman–Crippen LogP) is 3.96. The zero-order chi connectivity index (χ0) is 12.1. The zero-order valence-corrected chi connectivity index (χ0v) is 10.5. The Kier molecular flexibility index (Phi) is 4.84. The van der Waals surface area contributed by atoms with Gasteiger partial charge in [0.2, 0.25) is 0 Å². The fourth-order valence-corrected chi connectivity index (χ4v) is 1.36. The average molecular weight is 259 g/mol. The molecule has 0 aliphatic heterocycles. The summed E-state index contributed by atoms with van der Waals surface area (Å²) in [6.45, 7) is 3.59. The van der Waals surface area contributed by atoms with Crippen LogP contribution in [0.5, 0.6) is 0 Å². The third kappa shape index (κ3) is 4.25. The van der Waals surface area contributed by atoms with Crippen LogP contribution >= 0.6 is 23.2 Å². The van der Waals surface area contributed by atoms with Crippen molar-refractivity contribution < 1.29 is 9.53 Å². The molecule has 0 saturated heterocycles. The molecule has 0 saturated carbocycles. The van der Waals surface area contributed by atoms with Gasteiger partial charge >= 0.3 is 5.97 Å². The summed E-state index contributed by atoms with van der Waals surface area (Å²) in [6, 6.07) is 5.13. The molecule has 0 unspecified atom stereocenters. The standard InChI is InChI=1S/C12H12Cl2O2/c1-8(2)16-12(15)6-4-9-3-5-10(13)11(14)7-9/h3-8H,1-2H3/b6-4+. The molecule has 0 amide bonds. The summed E-state index contributed by atoms with van der Waals surface area (Å²) in [4.78, 5) is 11.2. The SMILES string of the molecule is CC(C)OC(=O)/C=C/c1ccc(Cl)c(Cl)c1. The highest BCUT2D eigenvalue weighted by molar-refractivity contribution is 6.42. The molecule has 1 rings (SSSR count). The minimum atomic E-state index is -0.374. The Hall–Kier alpha value is -0.990. The lowest BCUT2D eigenvalue weighted by Crippen LogP contribution is -2.08. The Morgan fingerprint density at radius 1 is 1.31 bits per heavy atom. The van der Waals surface area contributed by atoms with Gasteiger partial charge in [0.15, 0.2) is 0 Å². The number of hydrogen-bond acceptors (Lipinski definition) is 2. The Morgan fingerprint density at radius 3 is 2.56 bits per heavy atom. The predicted molar refractivity (Wildman–Crippen MR) is 66.7 cm³/mol. The Morgan fingerprint density at radius 2 is 2.00 bits per heavy atom. The molecule has 16 heavy (non-hydrogen) atoms. The van der Waals surface area contributed by atoms with Crippen molar-refractivity contribution in [1.29, 1.82) is 0 Å². The van der Waals surface area contributed by atoms with E-state index in [1.807, 2.05) is 0 Å². The van der Waals surface area contributed by atoms with Gasteiger partial charge in [0.25, 0.3) is 0 Å². The van der Waals surface area contributed by atoms with Gasteiger partial charge in [-0.1, -0.05) is 29.3 Å². The van der Waals surface area contributed by atoms with Crippen LogP contribution in [0, 0.1) is 0 Å². The van der Waals surface area contributed by atoms with Gasteiger partial charge in [-0.2, -0.15) is 0 Å². The Labute approximate surface area is 105 Å². The highest BCUT2D eigenvalue weighted by Crippen LogP contribution is 2.23. The highest BCUT2D eigenvalue weighted by Gasteiger charge is 2.01. The maximum atomic E-state index is 11.2. The summed E-state index contributed by atoms with van der Waals surface area (Å²) in [5, 5.41) is 0.949. The molecule has 0 aliphatic rings. The minimum absolute atomic E-state index is 0.119. The molecule has 1 aromatic carbocycles. The number of carbonyl (C=O) groups excluding carboxylic acids is 1. The van der Waals surface area contributed by atoms with E-state index in [0.717, 1.165) is 5.56 Å². The second kappa shape index (κ2) is 5.92. The second-order valence-corrected chi connectivity index (χ2v) is 4.31. The topological polar surface area (TPSA) is 26.3 Å². The first kappa shape index (κ1) is 13.1. The van der Waals surface area contributed by atoms with Crippen molar-refractivity contribution in [2.75, 3.05) is 0 Å². The first-order valence-corrected chi connectivity index (χ1v) is 5.58. The molecule has 0 bridgehead atoms. The third-order valence-electron chi connectivity index (χ3n) is 1.71. The van der Waals surface area contributed by atoms with E-state index in [2.05, 4.69) is 0 Å². The summed E-state index contributed by atoms with van der Waals surface area (Å²) >= 11 is 11.6. The van der Waals surface area contributed by atoms with Crippen molar-refractivity contribution in [3.8, 4) is 0 Å². The molecule has 0 radical (unpaired) electrons. The van der Waals surface area contributed by atoms with Gasteiger partial charge in [-0.05, 0) is 37.6 Å². The normalized spacial score (nSPS) is 11.1. The number of halogens is 2. The monoisotopic (exact) mass is 258 g/mol. The third-order valence-corrected chi connectivity index (χ3v) is 2.45.